The molecule has 1 aliphatic rings. The minimum absolute atomic E-state index is 0.366. The molecule has 0 spiro atoms. The molecule has 1 N–H and O–H groups in total. The van der Waals surface area contributed by atoms with Crippen LogP contribution in [0, 0.1) is 0 Å². The maximum Gasteiger partial charge on any atom is 0.0477 e. The third-order valence-corrected chi connectivity index (χ3v) is 4.18. The highest BCUT2D eigenvalue weighted by atomic mass is 16.5. The lowest BCUT2D eigenvalue weighted by molar-refractivity contribution is 0.00787. The second kappa shape index (κ2) is 6.58. The number of nitrogens with one attached hydrogen (secondary N) is 1. The first-order chi connectivity index (χ1) is 7.70. The molecule has 0 aliphatic carbocycles. The van der Waals surface area contributed by atoms with Crippen LogP contribution in [0.5, 0.6) is 0 Å². The molecule has 0 saturated carbocycles. The van der Waals surface area contributed by atoms with E-state index in [9.17, 15) is 0 Å². The van der Waals surface area contributed by atoms with Gasteiger partial charge in [-0.15, -0.1) is 0 Å². The molecule has 1 heterocycles. The molecule has 1 atom stereocenters. The standard InChI is InChI=1S/C13H28N2O/c1-5-13(6-2)11-14-8-9-15(13)12(3)7-10-16-4/h12,14H,5-11H2,1-4H3. The zero-order chi connectivity index (χ0) is 12.0. The van der Waals surface area contributed by atoms with E-state index < -0.39 is 0 Å². The van der Waals surface area contributed by atoms with Crippen molar-refractivity contribution in [1.82, 2.24) is 10.2 Å². The summed E-state index contributed by atoms with van der Waals surface area (Å²) in [4.78, 5) is 2.70. The summed E-state index contributed by atoms with van der Waals surface area (Å²) in [6.07, 6.45) is 3.60. The zero-order valence-electron chi connectivity index (χ0n) is 11.4. The van der Waals surface area contributed by atoms with Crippen LogP contribution in [-0.2, 0) is 4.74 Å². The number of piperazine rings is 1. The fourth-order valence-electron chi connectivity index (χ4n) is 2.90. The van der Waals surface area contributed by atoms with Gasteiger partial charge in [0.05, 0.1) is 0 Å². The molecule has 3 nitrogen and oxygen atoms in total. The molecule has 1 fully saturated rings. The van der Waals surface area contributed by atoms with Crippen LogP contribution in [0.25, 0.3) is 0 Å². The van der Waals surface area contributed by atoms with Crippen LogP contribution >= 0.6 is 0 Å². The lowest BCUT2D eigenvalue weighted by Gasteiger charge is -2.50. The van der Waals surface area contributed by atoms with E-state index in [2.05, 4.69) is 31.0 Å². The summed E-state index contributed by atoms with van der Waals surface area (Å²) < 4.78 is 5.20. The molecule has 0 amide bonds. The van der Waals surface area contributed by atoms with Crippen LogP contribution < -0.4 is 5.32 Å². The first kappa shape index (κ1) is 13.9. The van der Waals surface area contributed by atoms with E-state index >= 15 is 0 Å². The third kappa shape index (κ3) is 2.96. The lowest BCUT2D eigenvalue weighted by atomic mass is 9.87. The van der Waals surface area contributed by atoms with Crippen molar-refractivity contribution < 1.29 is 4.74 Å². The van der Waals surface area contributed by atoms with Crippen LogP contribution in [0.1, 0.15) is 40.0 Å². The largest absolute Gasteiger partial charge is 0.385 e. The molecule has 0 bridgehead atoms. The highest BCUT2D eigenvalue weighted by molar-refractivity contribution is 4.96. The van der Waals surface area contributed by atoms with Gasteiger partial charge in [-0.25, -0.2) is 0 Å². The average Bonchev–Trinajstić information content (AvgIpc) is 2.35. The Morgan fingerprint density at radius 1 is 1.38 bits per heavy atom. The first-order valence-electron chi connectivity index (χ1n) is 6.66. The van der Waals surface area contributed by atoms with Gasteiger partial charge >= 0.3 is 0 Å². The van der Waals surface area contributed by atoms with Gasteiger partial charge in [0.2, 0.25) is 0 Å². The molecule has 1 saturated heterocycles. The maximum absolute atomic E-state index is 5.20. The fraction of sp³-hybridized carbons (Fsp3) is 1.00. The van der Waals surface area contributed by atoms with Crippen molar-refractivity contribution in [3.8, 4) is 0 Å². The van der Waals surface area contributed by atoms with Gasteiger partial charge in [-0.2, -0.15) is 0 Å². The Hall–Kier alpha value is -0.120. The molecule has 1 rings (SSSR count). The number of nitrogens with zero attached hydrogens (tertiary/aromatic N) is 1. The smallest absolute Gasteiger partial charge is 0.0477 e. The van der Waals surface area contributed by atoms with Crippen molar-refractivity contribution in [3.63, 3.8) is 0 Å². The number of methoxy groups -OCH3 is 1. The molecule has 1 aliphatic heterocycles. The van der Waals surface area contributed by atoms with Gasteiger partial charge in [-0.05, 0) is 26.2 Å². The summed E-state index contributed by atoms with van der Waals surface area (Å²) in [5, 5.41) is 3.55. The molecule has 0 aromatic carbocycles. The molecule has 1 unspecified atom stereocenters. The normalized spacial score (nSPS) is 23.2. The number of hydrogen-bond donors (Lipinski definition) is 1. The van der Waals surface area contributed by atoms with Gasteiger partial charge < -0.3 is 10.1 Å². The van der Waals surface area contributed by atoms with E-state index in [0.717, 1.165) is 26.1 Å². The van der Waals surface area contributed by atoms with Crippen LogP contribution in [0.15, 0.2) is 0 Å². The minimum Gasteiger partial charge on any atom is -0.385 e. The van der Waals surface area contributed by atoms with Gasteiger partial charge in [0, 0.05) is 44.9 Å². The molecule has 0 aromatic heterocycles. The van der Waals surface area contributed by atoms with E-state index in [-0.39, 0.29) is 0 Å². The van der Waals surface area contributed by atoms with Crippen molar-refractivity contribution >= 4 is 0 Å². The van der Waals surface area contributed by atoms with Gasteiger partial charge in [-0.1, -0.05) is 13.8 Å². The van der Waals surface area contributed by atoms with Gasteiger partial charge in [0.1, 0.15) is 0 Å². The lowest BCUT2D eigenvalue weighted by Crippen LogP contribution is -2.63. The Balaban J connectivity index is 2.65. The van der Waals surface area contributed by atoms with Crippen molar-refractivity contribution in [1.29, 1.82) is 0 Å². The summed E-state index contributed by atoms with van der Waals surface area (Å²) >= 11 is 0. The Morgan fingerprint density at radius 3 is 2.62 bits per heavy atom. The van der Waals surface area contributed by atoms with Crippen LogP contribution in [0.2, 0.25) is 0 Å². The van der Waals surface area contributed by atoms with Crippen molar-refractivity contribution in [2.24, 2.45) is 0 Å². The second-order valence-corrected chi connectivity index (χ2v) is 4.93. The second-order valence-electron chi connectivity index (χ2n) is 4.93. The fourth-order valence-corrected chi connectivity index (χ4v) is 2.90. The molecular formula is C13H28N2O. The van der Waals surface area contributed by atoms with Gasteiger partial charge in [0.25, 0.3) is 0 Å². The van der Waals surface area contributed by atoms with E-state index in [1.165, 1.54) is 19.4 Å². The molecular weight excluding hydrogens is 200 g/mol. The molecule has 96 valence electrons. The Morgan fingerprint density at radius 2 is 2.06 bits per heavy atom. The van der Waals surface area contributed by atoms with Gasteiger partial charge in [0.15, 0.2) is 0 Å². The average molecular weight is 228 g/mol. The summed E-state index contributed by atoms with van der Waals surface area (Å²) in [6.45, 7) is 11.3. The minimum atomic E-state index is 0.366. The molecule has 0 radical (unpaired) electrons. The quantitative estimate of drug-likeness (QED) is 0.751. The molecule has 0 aromatic rings. The van der Waals surface area contributed by atoms with E-state index in [4.69, 9.17) is 4.74 Å². The van der Waals surface area contributed by atoms with Crippen molar-refractivity contribution in [3.05, 3.63) is 0 Å². The monoisotopic (exact) mass is 228 g/mol. The maximum atomic E-state index is 5.20. The Labute approximate surface area is 101 Å². The van der Waals surface area contributed by atoms with E-state index in [1.54, 1.807) is 7.11 Å². The zero-order valence-corrected chi connectivity index (χ0v) is 11.4. The SMILES string of the molecule is CCC1(CC)CNCCN1C(C)CCOC. The highest BCUT2D eigenvalue weighted by Gasteiger charge is 2.37. The summed E-state index contributed by atoms with van der Waals surface area (Å²) in [5.41, 5.74) is 0.366. The predicted molar refractivity (Wildman–Crippen MR) is 68.8 cm³/mol. The van der Waals surface area contributed by atoms with Crippen LogP contribution in [-0.4, -0.2) is 49.8 Å². The Bertz CT molecular complexity index is 192. The van der Waals surface area contributed by atoms with Crippen LogP contribution in [0.3, 0.4) is 0 Å². The first-order valence-corrected chi connectivity index (χ1v) is 6.66. The third-order valence-electron chi connectivity index (χ3n) is 4.18. The van der Waals surface area contributed by atoms with Gasteiger partial charge in [-0.3, -0.25) is 4.90 Å². The number of hydrogen-bond acceptors (Lipinski definition) is 3. The molecule has 16 heavy (non-hydrogen) atoms. The van der Waals surface area contributed by atoms with Crippen molar-refractivity contribution in [2.75, 3.05) is 33.4 Å². The summed E-state index contributed by atoms with van der Waals surface area (Å²) in [5.74, 6) is 0. The topological polar surface area (TPSA) is 24.5 Å². The summed E-state index contributed by atoms with van der Waals surface area (Å²) in [6, 6.07) is 0.627. The van der Waals surface area contributed by atoms with E-state index in [0.29, 0.717) is 11.6 Å². The Kier molecular flexibility index (Phi) is 5.73. The van der Waals surface area contributed by atoms with E-state index in [1.807, 2.05) is 0 Å². The molecule has 3 heteroatoms. The predicted octanol–water partition coefficient (Wildman–Crippen LogP) is 1.88. The number of ether oxygens (including phenoxy) is 1. The highest BCUT2D eigenvalue weighted by Crippen LogP contribution is 2.28. The number of rotatable bonds is 6. The van der Waals surface area contributed by atoms with Crippen LogP contribution in [0.4, 0.5) is 0 Å². The van der Waals surface area contributed by atoms with Crippen molar-refractivity contribution in [2.45, 2.75) is 51.6 Å². The summed E-state index contributed by atoms with van der Waals surface area (Å²) in [7, 11) is 1.79.